The van der Waals surface area contributed by atoms with E-state index in [1.807, 2.05) is 36.4 Å². The molecule has 4 heteroatoms. The van der Waals surface area contributed by atoms with Gasteiger partial charge in [0.15, 0.2) is 0 Å². The average molecular weight is 305 g/mol. The third kappa shape index (κ3) is 4.76. The van der Waals surface area contributed by atoms with Gasteiger partial charge in [-0.05, 0) is 54.9 Å². The lowest BCUT2D eigenvalue weighted by Crippen LogP contribution is -2.13. The second-order valence-electron chi connectivity index (χ2n) is 4.72. The Morgan fingerprint density at radius 2 is 1.90 bits per heavy atom. The first-order valence-corrected chi connectivity index (χ1v) is 7.85. The van der Waals surface area contributed by atoms with Crippen LogP contribution in [0.2, 0.25) is 0 Å². The van der Waals surface area contributed by atoms with Crippen molar-refractivity contribution in [1.29, 1.82) is 0 Å². The Balaban J connectivity index is 2.02. The summed E-state index contributed by atoms with van der Waals surface area (Å²) in [5, 5.41) is 3.27. The molecule has 0 amide bonds. The number of hydrogen-bond acceptors (Lipinski definition) is 3. The van der Waals surface area contributed by atoms with Gasteiger partial charge >= 0.3 is 0 Å². The average Bonchev–Trinajstić information content (AvgIpc) is 2.51. The molecule has 0 aromatic heterocycles. The molecule has 0 heterocycles. The van der Waals surface area contributed by atoms with Crippen molar-refractivity contribution >= 4 is 11.8 Å². The second kappa shape index (κ2) is 8.05. The zero-order valence-corrected chi connectivity index (χ0v) is 13.2. The lowest BCUT2D eigenvalue weighted by molar-refractivity contribution is 0.414. The molecule has 2 aromatic rings. The van der Waals surface area contributed by atoms with Crippen LogP contribution in [0.4, 0.5) is 4.39 Å². The molecular weight excluding hydrogens is 285 g/mol. The van der Waals surface area contributed by atoms with E-state index in [-0.39, 0.29) is 5.82 Å². The Morgan fingerprint density at radius 3 is 2.52 bits per heavy atom. The molecule has 0 aliphatic rings. The molecule has 112 valence electrons. The van der Waals surface area contributed by atoms with Gasteiger partial charge in [-0.2, -0.15) is 0 Å². The highest BCUT2D eigenvalue weighted by atomic mass is 32.2. The van der Waals surface area contributed by atoms with E-state index >= 15 is 0 Å². The van der Waals surface area contributed by atoms with E-state index in [9.17, 15) is 4.39 Å². The Morgan fingerprint density at radius 1 is 1.14 bits per heavy atom. The minimum atomic E-state index is -0.174. The van der Waals surface area contributed by atoms with Crippen LogP contribution in [0.1, 0.15) is 18.9 Å². The fourth-order valence-corrected chi connectivity index (χ4v) is 2.74. The van der Waals surface area contributed by atoms with Crippen LogP contribution < -0.4 is 10.1 Å². The molecule has 0 radical (unpaired) electrons. The van der Waals surface area contributed by atoms with Gasteiger partial charge in [-0.1, -0.05) is 24.8 Å². The molecule has 0 fully saturated rings. The number of halogens is 1. The standard InChI is InChI=1S/C17H20FNOS/c1-3-10-19-12-13-4-9-17(16(18)11-13)21-15-7-5-14(20-2)6-8-15/h4-9,11,19H,3,10,12H2,1-2H3. The summed E-state index contributed by atoms with van der Waals surface area (Å²) in [7, 11) is 1.63. The summed E-state index contributed by atoms with van der Waals surface area (Å²) in [4.78, 5) is 1.63. The smallest absolute Gasteiger partial charge is 0.137 e. The van der Waals surface area contributed by atoms with E-state index in [1.165, 1.54) is 11.8 Å². The van der Waals surface area contributed by atoms with Crippen molar-refractivity contribution in [2.75, 3.05) is 13.7 Å². The van der Waals surface area contributed by atoms with Crippen molar-refractivity contribution < 1.29 is 9.13 Å². The van der Waals surface area contributed by atoms with Gasteiger partial charge in [-0.15, -0.1) is 0 Å². The van der Waals surface area contributed by atoms with Crippen molar-refractivity contribution in [3.63, 3.8) is 0 Å². The van der Waals surface area contributed by atoms with E-state index in [2.05, 4.69) is 12.2 Å². The summed E-state index contributed by atoms with van der Waals surface area (Å²) in [6, 6.07) is 13.0. The van der Waals surface area contributed by atoms with E-state index in [0.29, 0.717) is 11.4 Å². The lowest BCUT2D eigenvalue weighted by Gasteiger charge is -2.07. The quantitative estimate of drug-likeness (QED) is 0.762. The predicted molar refractivity (Wildman–Crippen MR) is 85.5 cm³/mol. The van der Waals surface area contributed by atoms with Crippen molar-refractivity contribution in [1.82, 2.24) is 5.32 Å². The summed E-state index contributed by atoms with van der Waals surface area (Å²) in [5.74, 6) is 0.629. The molecular formula is C17H20FNOS. The first-order valence-electron chi connectivity index (χ1n) is 7.04. The Labute approximate surface area is 129 Å². The molecule has 0 spiro atoms. The molecule has 2 nitrogen and oxygen atoms in total. The van der Waals surface area contributed by atoms with Crippen molar-refractivity contribution in [2.45, 2.75) is 29.7 Å². The normalized spacial score (nSPS) is 10.6. The van der Waals surface area contributed by atoms with Gasteiger partial charge in [-0.3, -0.25) is 0 Å². The maximum absolute atomic E-state index is 14.1. The molecule has 0 saturated carbocycles. The number of hydrogen-bond donors (Lipinski definition) is 1. The highest BCUT2D eigenvalue weighted by Gasteiger charge is 2.06. The molecule has 2 aromatic carbocycles. The maximum atomic E-state index is 14.1. The summed E-state index contributed by atoms with van der Waals surface area (Å²) in [6.45, 7) is 3.77. The minimum Gasteiger partial charge on any atom is -0.497 e. The molecule has 0 atom stereocenters. The number of nitrogens with one attached hydrogen (secondary N) is 1. The zero-order valence-electron chi connectivity index (χ0n) is 12.4. The molecule has 0 aliphatic heterocycles. The fourth-order valence-electron chi connectivity index (χ4n) is 1.92. The molecule has 0 unspecified atom stereocenters. The Kier molecular flexibility index (Phi) is 6.08. The van der Waals surface area contributed by atoms with Gasteiger partial charge in [0.05, 0.1) is 7.11 Å². The van der Waals surface area contributed by atoms with Gasteiger partial charge < -0.3 is 10.1 Å². The zero-order chi connectivity index (χ0) is 15.1. The van der Waals surface area contributed by atoms with E-state index in [1.54, 1.807) is 13.2 Å². The van der Waals surface area contributed by atoms with E-state index in [0.717, 1.165) is 29.2 Å². The second-order valence-corrected chi connectivity index (χ2v) is 5.83. The maximum Gasteiger partial charge on any atom is 0.137 e. The summed E-state index contributed by atoms with van der Waals surface area (Å²) in [5.41, 5.74) is 0.972. The molecule has 21 heavy (non-hydrogen) atoms. The van der Waals surface area contributed by atoms with Crippen LogP contribution >= 0.6 is 11.8 Å². The fraction of sp³-hybridized carbons (Fsp3) is 0.294. The van der Waals surface area contributed by atoms with Crippen molar-refractivity contribution in [3.05, 3.63) is 53.8 Å². The SMILES string of the molecule is CCCNCc1ccc(Sc2ccc(OC)cc2)c(F)c1. The summed E-state index contributed by atoms with van der Waals surface area (Å²) in [6.07, 6.45) is 1.08. The van der Waals surface area contributed by atoms with Gasteiger partial charge in [-0.25, -0.2) is 4.39 Å². The molecule has 0 saturated heterocycles. The van der Waals surface area contributed by atoms with Gasteiger partial charge in [0.25, 0.3) is 0 Å². The number of methoxy groups -OCH3 is 1. The van der Waals surface area contributed by atoms with Crippen LogP contribution in [0.25, 0.3) is 0 Å². The van der Waals surface area contributed by atoms with Crippen molar-refractivity contribution in [3.8, 4) is 5.75 Å². The Bertz CT molecular complexity index is 572. The van der Waals surface area contributed by atoms with Gasteiger partial charge in [0, 0.05) is 16.3 Å². The van der Waals surface area contributed by atoms with Crippen molar-refractivity contribution in [2.24, 2.45) is 0 Å². The van der Waals surface area contributed by atoms with Gasteiger partial charge in [0.2, 0.25) is 0 Å². The molecule has 1 N–H and O–H groups in total. The number of benzene rings is 2. The van der Waals surface area contributed by atoms with Crippen LogP contribution in [0.3, 0.4) is 0 Å². The minimum absolute atomic E-state index is 0.174. The van der Waals surface area contributed by atoms with Crippen LogP contribution in [0, 0.1) is 5.82 Å². The lowest BCUT2D eigenvalue weighted by atomic mass is 10.2. The molecule has 0 bridgehead atoms. The molecule has 2 rings (SSSR count). The topological polar surface area (TPSA) is 21.3 Å². The predicted octanol–water partition coefficient (Wildman–Crippen LogP) is 4.49. The molecule has 0 aliphatic carbocycles. The number of rotatable bonds is 7. The van der Waals surface area contributed by atoms with Gasteiger partial charge in [0.1, 0.15) is 11.6 Å². The highest BCUT2D eigenvalue weighted by Crippen LogP contribution is 2.31. The first-order chi connectivity index (χ1) is 10.2. The number of ether oxygens (including phenoxy) is 1. The van der Waals surface area contributed by atoms with Crippen LogP contribution in [0.5, 0.6) is 5.75 Å². The van der Waals surface area contributed by atoms with E-state index in [4.69, 9.17) is 4.74 Å². The first kappa shape index (κ1) is 15.9. The third-order valence-corrected chi connectivity index (χ3v) is 4.10. The van der Waals surface area contributed by atoms with Crippen LogP contribution in [-0.4, -0.2) is 13.7 Å². The van der Waals surface area contributed by atoms with Crippen LogP contribution in [-0.2, 0) is 6.54 Å². The Hall–Kier alpha value is -1.52. The third-order valence-electron chi connectivity index (χ3n) is 3.04. The highest BCUT2D eigenvalue weighted by molar-refractivity contribution is 7.99. The monoisotopic (exact) mass is 305 g/mol. The summed E-state index contributed by atoms with van der Waals surface area (Å²) >= 11 is 1.42. The largest absolute Gasteiger partial charge is 0.497 e. The summed E-state index contributed by atoms with van der Waals surface area (Å²) < 4.78 is 19.2. The van der Waals surface area contributed by atoms with Crippen LogP contribution in [0.15, 0.2) is 52.3 Å². The van der Waals surface area contributed by atoms with E-state index < -0.39 is 0 Å².